The summed E-state index contributed by atoms with van der Waals surface area (Å²) in [7, 11) is 0. The Kier molecular flexibility index (Phi) is 4.06. The van der Waals surface area contributed by atoms with E-state index in [0.29, 0.717) is 12.5 Å². The van der Waals surface area contributed by atoms with Crippen molar-refractivity contribution in [3.63, 3.8) is 0 Å². The van der Waals surface area contributed by atoms with Crippen LogP contribution in [-0.2, 0) is 13.1 Å². The minimum Gasteiger partial charge on any atom is -0.459 e. The average Bonchev–Trinajstić information content (AvgIpc) is 3.07. The zero-order valence-electron chi connectivity index (χ0n) is 12.5. The summed E-state index contributed by atoms with van der Waals surface area (Å²) in [4.78, 5) is 0. The number of nitrogens with one attached hydrogen (secondary N) is 1. The Balaban J connectivity index is 1.89. The highest BCUT2D eigenvalue weighted by Gasteiger charge is 2.14. The fourth-order valence-electron chi connectivity index (χ4n) is 2.50. The molecule has 4 nitrogen and oxygen atoms in total. The molecule has 2 aromatic heterocycles. The van der Waals surface area contributed by atoms with E-state index in [0.717, 1.165) is 24.4 Å². The van der Waals surface area contributed by atoms with E-state index in [2.05, 4.69) is 36.4 Å². The molecule has 21 heavy (non-hydrogen) atoms. The van der Waals surface area contributed by atoms with E-state index in [1.54, 1.807) is 6.20 Å². The van der Waals surface area contributed by atoms with Crippen molar-refractivity contribution < 1.29 is 4.42 Å². The van der Waals surface area contributed by atoms with Gasteiger partial charge in [0.25, 0.3) is 0 Å². The number of hydrogen-bond donors (Lipinski definition) is 1. The number of para-hydroxylation sites is 1. The van der Waals surface area contributed by atoms with Crippen molar-refractivity contribution in [2.75, 3.05) is 6.54 Å². The molecule has 3 rings (SSSR count). The quantitative estimate of drug-likeness (QED) is 0.753. The third-order valence-electron chi connectivity index (χ3n) is 3.50. The van der Waals surface area contributed by atoms with Gasteiger partial charge in [0.2, 0.25) is 0 Å². The number of nitrogens with zero attached hydrogens (tertiary/aromatic N) is 2. The second kappa shape index (κ2) is 6.14. The lowest BCUT2D eigenvalue weighted by atomic mass is 10.1. The standard InChI is InChI=1S/C17H21N3O/c1-13(2)10-18-11-15-14-6-3-4-7-16(14)21-17(15)12-20-9-5-8-19-20/h3-9,13,18H,10-12H2,1-2H3. The average molecular weight is 283 g/mol. The molecule has 0 aliphatic carbocycles. The fraction of sp³-hybridized carbons (Fsp3) is 0.353. The minimum atomic E-state index is 0.637. The van der Waals surface area contributed by atoms with E-state index in [4.69, 9.17) is 4.42 Å². The van der Waals surface area contributed by atoms with Crippen LogP contribution in [-0.4, -0.2) is 16.3 Å². The van der Waals surface area contributed by atoms with Crippen molar-refractivity contribution in [2.24, 2.45) is 5.92 Å². The van der Waals surface area contributed by atoms with Gasteiger partial charge in [-0.2, -0.15) is 5.10 Å². The topological polar surface area (TPSA) is 43.0 Å². The van der Waals surface area contributed by atoms with E-state index in [1.807, 2.05) is 29.1 Å². The summed E-state index contributed by atoms with van der Waals surface area (Å²) in [6, 6.07) is 10.1. The first-order chi connectivity index (χ1) is 10.2. The van der Waals surface area contributed by atoms with Crippen molar-refractivity contribution in [2.45, 2.75) is 26.9 Å². The third kappa shape index (κ3) is 3.16. The molecule has 0 aliphatic rings. The van der Waals surface area contributed by atoms with Gasteiger partial charge >= 0.3 is 0 Å². The molecule has 0 bridgehead atoms. The minimum absolute atomic E-state index is 0.637. The van der Waals surface area contributed by atoms with Crippen LogP contribution in [0.25, 0.3) is 11.0 Å². The molecule has 0 saturated carbocycles. The number of benzene rings is 1. The van der Waals surface area contributed by atoms with Crippen molar-refractivity contribution >= 4 is 11.0 Å². The highest BCUT2D eigenvalue weighted by Crippen LogP contribution is 2.26. The van der Waals surface area contributed by atoms with Crippen molar-refractivity contribution in [1.82, 2.24) is 15.1 Å². The van der Waals surface area contributed by atoms with Crippen LogP contribution >= 0.6 is 0 Å². The molecule has 1 N–H and O–H groups in total. The normalized spacial score (nSPS) is 11.6. The zero-order valence-corrected chi connectivity index (χ0v) is 12.5. The summed E-state index contributed by atoms with van der Waals surface area (Å²) in [6.07, 6.45) is 3.75. The molecular formula is C17H21N3O. The molecule has 0 unspecified atom stereocenters. The number of furan rings is 1. The summed E-state index contributed by atoms with van der Waals surface area (Å²) in [5, 5.41) is 8.97. The van der Waals surface area contributed by atoms with E-state index >= 15 is 0 Å². The van der Waals surface area contributed by atoms with Crippen LogP contribution in [0.1, 0.15) is 25.2 Å². The smallest absolute Gasteiger partial charge is 0.134 e. The maximum absolute atomic E-state index is 6.03. The van der Waals surface area contributed by atoms with Gasteiger partial charge in [0.1, 0.15) is 11.3 Å². The first-order valence-corrected chi connectivity index (χ1v) is 7.41. The van der Waals surface area contributed by atoms with Gasteiger partial charge in [-0.05, 0) is 24.6 Å². The van der Waals surface area contributed by atoms with Crippen LogP contribution in [0.4, 0.5) is 0 Å². The molecule has 1 aromatic carbocycles. The largest absolute Gasteiger partial charge is 0.459 e. The van der Waals surface area contributed by atoms with Crippen molar-refractivity contribution in [1.29, 1.82) is 0 Å². The lowest BCUT2D eigenvalue weighted by Gasteiger charge is -2.08. The van der Waals surface area contributed by atoms with Crippen LogP contribution in [0.5, 0.6) is 0 Å². The predicted octanol–water partition coefficient (Wildman–Crippen LogP) is 3.42. The molecule has 3 aromatic rings. The maximum atomic E-state index is 6.03. The summed E-state index contributed by atoms with van der Waals surface area (Å²) in [5.74, 6) is 1.62. The van der Waals surface area contributed by atoms with Crippen molar-refractivity contribution in [3.8, 4) is 0 Å². The van der Waals surface area contributed by atoms with Crippen LogP contribution in [0, 0.1) is 5.92 Å². The van der Waals surface area contributed by atoms with Crippen LogP contribution in [0.3, 0.4) is 0 Å². The monoisotopic (exact) mass is 283 g/mol. The summed E-state index contributed by atoms with van der Waals surface area (Å²) >= 11 is 0. The Morgan fingerprint density at radius 1 is 1.24 bits per heavy atom. The molecule has 0 aliphatic heterocycles. The molecule has 2 heterocycles. The maximum Gasteiger partial charge on any atom is 0.134 e. The molecule has 0 fully saturated rings. The molecule has 0 amide bonds. The molecule has 110 valence electrons. The Bertz CT molecular complexity index is 698. The van der Waals surface area contributed by atoms with Gasteiger partial charge in [0.15, 0.2) is 0 Å². The Morgan fingerprint density at radius 3 is 2.86 bits per heavy atom. The number of hydrogen-bond acceptors (Lipinski definition) is 3. The van der Waals surface area contributed by atoms with Gasteiger partial charge in [-0.15, -0.1) is 0 Å². The highest BCUT2D eigenvalue weighted by molar-refractivity contribution is 5.82. The number of aromatic nitrogens is 2. The van der Waals surface area contributed by atoms with E-state index < -0.39 is 0 Å². The van der Waals surface area contributed by atoms with E-state index in [1.165, 1.54) is 10.9 Å². The molecule has 0 saturated heterocycles. The number of rotatable bonds is 6. The molecule has 0 spiro atoms. The second-order valence-corrected chi connectivity index (χ2v) is 5.73. The van der Waals surface area contributed by atoms with Gasteiger partial charge < -0.3 is 9.73 Å². The van der Waals surface area contributed by atoms with Crippen LogP contribution in [0.2, 0.25) is 0 Å². The Labute approximate surface area is 124 Å². The first-order valence-electron chi connectivity index (χ1n) is 7.41. The summed E-state index contributed by atoms with van der Waals surface area (Å²) in [5.41, 5.74) is 2.18. The number of fused-ring (bicyclic) bond motifs is 1. The Hall–Kier alpha value is -2.07. The lowest BCUT2D eigenvalue weighted by Crippen LogP contribution is -2.19. The van der Waals surface area contributed by atoms with E-state index in [-0.39, 0.29) is 0 Å². The fourth-order valence-corrected chi connectivity index (χ4v) is 2.50. The van der Waals surface area contributed by atoms with Gasteiger partial charge in [-0.1, -0.05) is 32.0 Å². The molecule has 0 atom stereocenters. The summed E-state index contributed by atoms with van der Waals surface area (Å²) in [6.45, 7) is 6.92. The highest BCUT2D eigenvalue weighted by atomic mass is 16.3. The zero-order chi connectivity index (χ0) is 14.7. The van der Waals surface area contributed by atoms with Gasteiger partial charge in [0, 0.05) is 29.9 Å². The van der Waals surface area contributed by atoms with Crippen LogP contribution in [0.15, 0.2) is 47.1 Å². The summed E-state index contributed by atoms with van der Waals surface area (Å²) < 4.78 is 7.92. The van der Waals surface area contributed by atoms with Crippen molar-refractivity contribution in [3.05, 3.63) is 54.0 Å². The lowest BCUT2D eigenvalue weighted by molar-refractivity contribution is 0.494. The van der Waals surface area contributed by atoms with Gasteiger partial charge in [-0.25, -0.2) is 0 Å². The first kappa shape index (κ1) is 13.9. The SMILES string of the molecule is CC(C)CNCc1c(Cn2cccn2)oc2ccccc12. The van der Waals surface area contributed by atoms with Gasteiger partial charge in [0.05, 0.1) is 6.54 Å². The Morgan fingerprint density at radius 2 is 2.10 bits per heavy atom. The van der Waals surface area contributed by atoms with Gasteiger partial charge in [-0.3, -0.25) is 4.68 Å². The second-order valence-electron chi connectivity index (χ2n) is 5.73. The van der Waals surface area contributed by atoms with Crippen LogP contribution < -0.4 is 5.32 Å². The molecule has 4 heteroatoms. The third-order valence-corrected chi connectivity index (χ3v) is 3.50. The molecule has 0 radical (unpaired) electrons. The predicted molar refractivity (Wildman–Crippen MR) is 84.1 cm³/mol. The van der Waals surface area contributed by atoms with E-state index in [9.17, 15) is 0 Å². The molecular weight excluding hydrogens is 262 g/mol.